The van der Waals surface area contributed by atoms with Gasteiger partial charge in [-0.25, -0.2) is 4.99 Å². The molecule has 0 spiro atoms. The van der Waals surface area contributed by atoms with Crippen molar-refractivity contribution < 1.29 is 4.74 Å². The average molecular weight is 458 g/mol. The highest BCUT2D eigenvalue weighted by molar-refractivity contribution is 7.12. The van der Waals surface area contributed by atoms with Gasteiger partial charge in [-0.15, -0.1) is 16.8 Å². The first-order valence-corrected chi connectivity index (χ1v) is 12.1. The molecule has 0 amide bonds. The SMILES string of the molecule is C=CCn1cc(-c2ccc(OC)cc2)sc1=Nc1ccc(-c2nnc3n2CCCCC3)cc1. The van der Waals surface area contributed by atoms with E-state index in [9.17, 15) is 0 Å². The molecular formula is C26H27N5OS. The third-order valence-corrected chi connectivity index (χ3v) is 6.95. The number of nitrogens with zero attached hydrogens (tertiary/aromatic N) is 5. The van der Waals surface area contributed by atoms with Gasteiger partial charge in [0, 0.05) is 31.3 Å². The van der Waals surface area contributed by atoms with Gasteiger partial charge in [-0.2, -0.15) is 0 Å². The molecule has 0 fully saturated rings. The zero-order chi connectivity index (χ0) is 22.6. The maximum Gasteiger partial charge on any atom is 0.190 e. The fraction of sp³-hybridized carbons (Fsp3) is 0.269. The van der Waals surface area contributed by atoms with Crippen LogP contribution in [0.1, 0.15) is 25.1 Å². The number of hydrogen-bond acceptors (Lipinski definition) is 5. The Morgan fingerprint density at radius 2 is 1.82 bits per heavy atom. The summed E-state index contributed by atoms with van der Waals surface area (Å²) >= 11 is 1.66. The molecule has 2 aromatic heterocycles. The van der Waals surface area contributed by atoms with Crippen molar-refractivity contribution in [2.24, 2.45) is 4.99 Å². The monoisotopic (exact) mass is 457 g/mol. The summed E-state index contributed by atoms with van der Waals surface area (Å²) in [6.45, 7) is 5.60. The average Bonchev–Trinajstić information content (AvgIpc) is 3.36. The quantitative estimate of drug-likeness (QED) is 0.353. The lowest BCUT2D eigenvalue weighted by Crippen LogP contribution is -2.12. The van der Waals surface area contributed by atoms with E-state index >= 15 is 0 Å². The predicted molar refractivity (Wildman–Crippen MR) is 133 cm³/mol. The topological polar surface area (TPSA) is 57.2 Å². The van der Waals surface area contributed by atoms with E-state index in [0.717, 1.165) is 56.9 Å². The fourth-order valence-electron chi connectivity index (χ4n) is 4.12. The van der Waals surface area contributed by atoms with Crippen molar-refractivity contribution in [1.29, 1.82) is 0 Å². The fourth-order valence-corrected chi connectivity index (χ4v) is 5.15. The molecule has 168 valence electrons. The molecule has 5 rings (SSSR count). The number of ether oxygens (including phenoxy) is 1. The molecule has 0 saturated carbocycles. The third-order valence-electron chi connectivity index (χ3n) is 5.88. The number of benzene rings is 2. The number of thiazole rings is 1. The summed E-state index contributed by atoms with van der Waals surface area (Å²) in [4.78, 5) is 7.02. The van der Waals surface area contributed by atoms with Gasteiger partial charge in [-0.3, -0.25) is 0 Å². The van der Waals surface area contributed by atoms with E-state index in [1.165, 1.54) is 19.3 Å². The predicted octanol–water partition coefficient (Wildman–Crippen LogP) is 5.63. The molecule has 33 heavy (non-hydrogen) atoms. The standard InChI is InChI=1S/C26H27N5OS/c1-3-16-30-18-23(19-10-14-22(32-2)15-11-19)33-26(30)27-21-12-8-20(9-13-21)25-29-28-24-7-5-4-6-17-31(24)25/h3,8-15,18H,1,4-7,16-17H2,2H3. The van der Waals surface area contributed by atoms with Crippen LogP contribution in [-0.4, -0.2) is 26.4 Å². The Balaban J connectivity index is 1.46. The van der Waals surface area contributed by atoms with Crippen molar-refractivity contribution in [3.05, 3.63) is 78.0 Å². The second-order valence-electron chi connectivity index (χ2n) is 8.11. The van der Waals surface area contributed by atoms with Crippen molar-refractivity contribution in [3.63, 3.8) is 0 Å². The number of aromatic nitrogens is 4. The van der Waals surface area contributed by atoms with Gasteiger partial charge in [-0.05, 0) is 66.9 Å². The molecule has 0 N–H and O–H groups in total. The number of rotatable bonds is 6. The van der Waals surface area contributed by atoms with E-state index in [-0.39, 0.29) is 0 Å². The van der Waals surface area contributed by atoms with Crippen molar-refractivity contribution >= 4 is 17.0 Å². The molecule has 3 heterocycles. The molecule has 0 aliphatic carbocycles. The van der Waals surface area contributed by atoms with Crippen molar-refractivity contribution in [2.45, 2.75) is 38.8 Å². The summed E-state index contributed by atoms with van der Waals surface area (Å²) in [5.41, 5.74) is 3.14. The molecule has 4 aromatic rings. The highest BCUT2D eigenvalue weighted by Gasteiger charge is 2.15. The van der Waals surface area contributed by atoms with Crippen LogP contribution in [0.2, 0.25) is 0 Å². The number of methoxy groups -OCH3 is 1. The Bertz CT molecular complexity index is 1310. The maximum atomic E-state index is 5.28. The first-order valence-electron chi connectivity index (χ1n) is 11.3. The van der Waals surface area contributed by atoms with E-state index in [1.807, 2.05) is 18.2 Å². The van der Waals surface area contributed by atoms with Crippen LogP contribution in [0.5, 0.6) is 5.75 Å². The lowest BCUT2D eigenvalue weighted by molar-refractivity contribution is 0.415. The summed E-state index contributed by atoms with van der Waals surface area (Å²) in [6, 6.07) is 16.4. The van der Waals surface area contributed by atoms with Crippen LogP contribution >= 0.6 is 11.3 Å². The Labute approximate surface area is 197 Å². The van der Waals surface area contributed by atoms with Gasteiger partial charge in [0.15, 0.2) is 10.6 Å². The Kier molecular flexibility index (Phi) is 6.21. The highest BCUT2D eigenvalue weighted by Crippen LogP contribution is 2.27. The van der Waals surface area contributed by atoms with Crippen LogP contribution in [0.4, 0.5) is 5.69 Å². The van der Waals surface area contributed by atoms with Gasteiger partial charge in [-0.1, -0.05) is 23.8 Å². The van der Waals surface area contributed by atoms with Gasteiger partial charge in [0.25, 0.3) is 0 Å². The molecule has 0 saturated heterocycles. The molecule has 1 aliphatic rings. The van der Waals surface area contributed by atoms with E-state index in [4.69, 9.17) is 9.73 Å². The molecule has 0 bridgehead atoms. The maximum absolute atomic E-state index is 5.28. The van der Waals surface area contributed by atoms with Crippen molar-refractivity contribution in [2.75, 3.05) is 7.11 Å². The second kappa shape index (κ2) is 9.58. The molecule has 6 nitrogen and oxygen atoms in total. The molecule has 1 aliphatic heterocycles. The highest BCUT2D eigenvalue weighted by atomic mass is 32.1. The first kappa shape index (κ1) is 21.4. The summed E-state index contributed by atoms with van der Waals surface area (Å²) in [5, 5.41) is 8.90. The molecule has 0 atom stereocenters. The minimum absolute atomic E-state index is 0.704. The van der Waals surface area contributed by atoms with E-state index in [1.54, 1.807) is 18.4 Å². The zero-order valence-corrected chi connectivity index (χ0v) is 19.6. The van der Waals surface area contributed by atoms with E-state index < -0.39 is 0 Å². The van der Waals surface area contributed by atoms with E-state index in [0.29, 0.717) is 6.54 Å². The molecule has 0 radical (unpaired) electrons. The number of aryl methyl sites for hydroxylation is 1. The summed E-state index contributed by atoms with van der Waals surface area (Å²) in [6.07, 6.45) is 8.67. The van der Waals surface area contributed by atoms with Gasteiger partial charge in [0.2, 0.25) is 0 Å². The second-order valence-corrected chi connectivity index (χ2v) is 9.12. The van der Waals surface area contributed by atoms with Crippen molar-refractivity contribution in [1.82, 2.24) is 19.3 Å². The molecule has 0 unspecified atom stereocenters. The van der Waals surface area contributed by atoms with Crippen LogP contribution in [0, 0.1) is 0 Å². The molecular weight excluding hydrogens is 430 g/mol. The normalized spacial score (nSPS) is 14.0. The van der Waals surface area contributed by atoms with Gasteiger partial charge < -0.3 is 13.9 Å². The van der Waals surface area contributed by atoms with E-state index in [2.05, 4.69) is 68.5 Å². The van der Waals surface area contributed by atoms with Crippen LogP contribution in [-0.2, 0) is 19.5 Å². The minimum atomic E-state index is 0.704. The first-order chi connectivity index (χ1) is 16.2. The number of hydrogen-bond donors (Lipinski definition) is 0. The number of allylic oxidation sites excluding steroid dienone is 1. The number of fused-ring (bicyclic) bond motifs is 1. The third kappa shape index (κ3) is 4.54. The zero-order valence-electron chi connectivity index (χ0n) is 18.8. The summed E-state index contributed by atoms with van der Waals surface area (Å²) in [7, 11) is 1.68. The Morgan fingerprint density at radius 1 is 1.03 bits per heavy atom. The van der Waals surface area contributed by atoms with Crippen LogP contribution in [0.15, 0.2) is 72.4 Å². The Morgan fingerprint density at radius 3 is 2.58 bits per heavy atom. The van der Waals surface area contributed by atoms with Crippen LogP contribution in [0.25, 0.3) is 21.8 Å². The summed E-state index contributed by atoms with van der Waals surface area (Å²) in [5.74, 6) is 2.91. The summed E-state index contributed by atoms with van der Waals surface area (Å²) < 4.78 is 9.69. The molecule has 7 heteroatoms. The lowest BCUT2D eigenvalue weighted by Gasteiger charge is -2.07. The van der Waals surface area contributed by atoms with Crippen molar-refractivity contribution in [3.8, 4) is 27.6 Å². The van der Waals surface area contributed by atoms with Gasteiger partial charge in [0.1, 0.15) is 11.6 Å². The lowest BCUT2D eigenvalue weighted by atomic mass is 10.2. The van der Waals surface area contributed by atoms with Crippen LogP contribution in [0.3, 0.4) is 0 Å². The van der Waals surface area contributed by atoms with Gasteiger partial charge in [0.05, 0.1) is 17.7 Å². The van der Waals surface area contributed by atoms with Gasteiger partial charge >= 0.3 is 0 Å². The smallest absolute Gasteiger partial charge is 0.190 e. The largest absolute Gasteiger partial charge is 0.497 e. The minimum Gasteiger partial charge on any atom is -0.497 e. The van der Waals surface area contributed by atoms with Crippen LogP contribution < -0.4 is 9.54 Å². The Hall–Kier alpha value is -3.45. The molecule has 2 aromatic carbocycles.